The highest BCUT2D eigenvalue weighted by Gasteiger charge is 2.53. The van der Waals surface area contributed by atoms with E-state index in [1.54, 1.807) is 0 Å². The van der Waals surface area contributed by atoms with E-state index in [4.69, 9.17) is 14.2 Å². The molecule has 3 heterocycles. The van der Waals surface area contributed by atoms with Crippen molar-refractivity contribution in [1.29, 1.82) is 0 Å². The third-order valence-corrected chi connectivity index (χ3v) is 4.40. The predicted molar refractivity (Wildman–Crippen MR) is 76.0 cm³/mol. The van der Waals surface area contributed by atoms with Gasteiger partial charge in [0.05, 0.1) is 19.8 Å². The number of rotatable bonds is 3. The summed E-state index contributed by atoms with van der Waals surface area (Å²) < 4.78 is 18.9. The van der Waals surface area contributed by atoms with Gasteiger partial charge in [-0.3, -0.25) is 0 Å². The molecule has 0 amide bonds. The summed E-state index contributed by atoms with van der Waals surface area (Å²) in [7, 11) is 0. The molecule has 3 aliphatic rings. The van der Waals surface area contributed by atoms with Crippen LogP contribution in [0, 0.1) is 8.99 Å². The minimum Gasteiger partial charge on any atom is -0.323 e. The summed E-state index contributed by atoms with van der Waals surface area (Å²) in [4.78, 5) is 0. The third kappa shape index (κ3) is 2.09. The van der Waals surface area contributed by atoms with E-state index < -0.39 is 5.97 Å². The number of fused-ring (bicyclic) bond motifs is 3. The summed E-state index contributed by atoms with van der Waals surface area (Å²) in [5.41, 5.74) is 1.02. The lowest BCUT2D eigenvalue weighted by Crippen LogP contribution is -2.58. The van der Waals surface area contributed by atoms with E-state index in [2.05, 4.69) is 29.5 Å². The van der Waals surface area contributed by atoms with Gasteiger partial charge in [-0.05, 0) is 53.3 Å². The van der Waals surface area contributed by atoms with Gasteiger partial charge in [-0.1, -0.05) is 13.3 Å². The lowest BCUT2D eigenvalue weighted by molar-refractivity contribution is -0.480. The first-order chi connectivity index (χ1) is 8.68. The van der Waals surface area contributed by atoms with Crippen molar-refractivity contribution in [2.45, 2.75) is 25.7 Å². The molecule has 0 aromatic heterocycles. The van der Waals surface area contributed by atoms with Gasteiger partial charge in [0.25, 0.3) is 0 Å². The number of ether oxygens (including phenoxy) is 3. The average molecular weight is 360 g/mol. The summed E-state index contributed by atoms with van der Waals surface area (Å²) in [6, 6.07) is 8.12. The first-order valence-electron chi connectivity index (χ1n) is 6.36. The minimum absolute atomic E-state index is 0.0692. The van der Waals surface area contributed by atoms with Crippen LogP contribution in [-0.4, -0.2) is 19.8 Å². The van der Waals surface area contributed by atoms with Crippen molar-refractivity contribution < 1.29 is 14.2 Å². The summed E-state index contributed by atoms with van der Waals surface area (Å²) in [6.45, 7) is 4.37. The molecule has 3 fully saturated rings. The molecule has 18 heavy (non-hydrogen) atoms. The van der Waals surface area contributed by atoms with Gasteiger partial charge in [0, 0.05) is 14.5 Å². The van der Waals surface area contributed by atoms with E-state index >= 15 is 0 Å². The van der Waals surface area contributed by atoms with Gasteiger partial charge in [0.15, 0.2) is 0 Å². The topological polar surface area (TPSA) is 27.7 Å². The molecular formula is C14H17IO3. The zero-order chi connectivity index (χ0) is 12.6. The van der Waals surface area contributed by atoms with Crippen molar-refractivity contribution >= 4 is 22.6 Å². The van der Waals surface area contributed by atoms with Gasteiger partial charge >= 0.3 is 5.97 Å². The van der Waals surface area contributed by atoms with Crippen molar-refractivity contribution in [3.8, 4) is 0 Å². The molecular weight excluding hydrogens is 343 g/mol. The Balaban J connectivity index is 1.82. The molecule has 4 rings (SSSR count). The van der Waals surface area contributed by atoms with Gasteiger partial charge < -0.3 is 14.2 Å². The monoisotopic (exact) mass is 360 g/mol. The lowest BCUT2D eigenvalue weighted by atomic mass is 9.84. The fourth-order valence-electron chi connectivity index (χ4n) is 2.65. The second-order valence-electron chi connectivity index (χ2n) is 5.18. The molecule has 4 heteroatoms. The van der Waals surface area contributed by atoms with Crippen LogP contribution in [0.2, 0.25) is 0 Å². The predicted octanol–water partition coefficient (Wildman–Crippen LogP) is 3.27. The van der Waals surface area contributed by atoms with Crippen molar-refractivity contribution in [3.05, 3.63) is 33.4 Å². The van der Waals surface area contributed by atoms with Crippen molar-refractivity contribution in [2.24, 2.45) is 5.41 Å². The number of benzene rings is 1. The highest BCUT2D eigenvalue weighted by Crippen LogP contribution is 2.46. The van der Waals surface area contributed by atoms with Gasteiger partial charge in [-0.15, -0.1) is 0 Å². The van der Waals surface area contributed by atoms with Gasteiger partial charge in [0.2, 0.25) is 0 Å². The van der Waals surface area contributed by atoms with E-state index in [0.717, 1.165) is 38.2 Å². The normalized spacial score (nSPS) is 34.8. The van der Waals surface area contributed by atoms with E-state index in [9.17, 15) is 0 Å². The summed E-state index contributed by atoms with van der Waals surface area (Å²) in [5, 5.41) is 0. The van der Waals surface area contributed by atoms with Crippen LogP contribution in [0.1, 0.15) is 25.3 Å². The van der Waals surface area contributed by atoms with Crippen LogP contribution in [0.4, 0.5) is 0 Å². The Bertz CT molecular complexity index is 405. The highest BCUT2D eigenvalue weighted by atomic mass is 127. The highest BCUT2D eigenvalue weighted by molar-refractivity contribution is 14.1. The molecule has 0 atom stereocenters. The second kappa shape index (κ2) is 4.74. The Hall–Kier alpha value is -0.170. The fourth-order valence-corrected chi connectivity index (χ4v) is 3.00. The van der Waals surface area contributed by atoms with Crippen LogP contribution >= 0.6 is 22.6 Å². The molecule has 3 saturated heterocycles. The molecule has 0 saturated carbocycles. The Kier molecular flexibility index (Phi) is 3.38. The summed E-state index contributed by atoms with van der Waals surface area (Å²) >= 11 is 2.28. The van der Waals surface area contributed by atoms with Crippen LogP contribution in [0.15, 0.2) is 24.3 Å². The Morgan fingerprint density at radius 2 is 1.61 bits per heavy atom. The molecule has 1 aromatic rings. The largest absolute Gasteiger partial charge is 0.323 e. The van der Waals surface area contributed by atoms with E-state index in [0.29, 0.717) is 0 Å². The smallest absolute Gasteiger partial charge is 0.312 e. The molecule has 0 spiro atoms. The van der Waals surface area contributed by atoms with Crippen LogP contribution in [0.25, 0.3) is 0 Å². The molecule has 2 bridgehead atoms. The molecule has 0 radical (unpaired) electrons. The van der Waals surface area contributed by atoms with E-state index in [1.807, 2.05) is 24.3 Å². The number of hydrogen-bond donors (Lipinski definition) is 0. The van der Waals surface area contributed by atoms with Crippen molar-refractivity contribution in [2.75, 3.05) is 19.8 Å². The SMILES string of the molecule is CCCC12COC(c3ccc(I)cc3)(OC1)OC2. The Labute approximate surface area is 121 Å². The maximum atomic E-state index is 5.90. The summed E-state index contributed by atoms with van der Waals surface area (Å²) in [5.74, 6) is -0.959. The first kappa shape index (κ1) is 12.8. The van der Waals surface area contributed by atoms with E-state index in [1.165, 1.54) is 3.57 Å². The first-order valence-corrected chi connectivity index (χ1v) is 7.44. The molecule has 98 valence electrons. The van der Waals surface area contributed by atoms with Gasteiger partial charge in [-0.2, -0.15) is 0 Å². The van der Waals surface area contributed by atoms with Crippen molar-refractivity contribution in [3.63, 3.8) is 0 Å². The van der Waals surface area contributed by atoms with Crippen LogP contribution in [0.3, 0.4) is 0 Å². The maximum Gasteiger partial charge on any atom is 0.312 e. The van der Waals surface area contributed by atoms with Crippen LogP contribution in [0.5, 0.6) is 0 Å². The minimum atomic E-state index is -0.959. The zero-order valence-corrected chi connectivity index (χ0v) is 12.6. The Morgan fingerprint density at radius 3 is 2.11 bits per heavy atom. The number of hydrogen-bond acceptors (Lipinski definition) is 3. The maximum absolute atomic E-state index is 5.90. The molecule has 0 unspecified atom stereocenters. The van der Waals surface area contributed by atoms with Gasteiger partial charge in [0.1, 0.15) is 0 Å². The molecule has 3 aliphatic heterocycles. The standard InChI is InChI=1S/C14H17IO3/c1-2-7-13-8-16-14(17-9-13,18-10-13)11-3-5-12(15)6-4-11/h3-6H,2,7-10H2,1H3. The fraction of sp³-hybridized carbons (Fsp3) is 0.571. The summed E-state index contributed by atoms with van der Waals surface area (Å²) in [6.07, 6.45) is 2.22. The molecule has 0 aliphatic carbocycles. The molecule has 3 nitrogen and oxygen atoms in total. The lowest BCUT2D eigenvalue weighted by Gasteiger charge is -2.51. The van der Waals surface area contributed by atoms with Gasteiger partial charge in [-0.25, -0.2) is 0 Å². The van der Waals surface area contributed by atoms with E-state index in [-0.39, 0.29) is 5.41 Å². The number of halogens is 1. The van der Waals surface area contributed by atoms with Crippen molar-refractivity contribution in [1.82, 2.24) is 0 Å². The molecule has 0 N–H and O–H groups in total. The Morgan fingerprint density at radius 1 is 1.06 bits per heavy atom. The van der Waals surface area contributed by atoms with Crippen LogP contribution < -0.4 is 0 Å². The molecule has 1 aromatic carbocycles. The zero-order valence-electron chi connectivity index (χ0n) is 10.4. The average Bonchev–Trinajstić information content (AvgIpc) is 2.42. The quantitative estimate of drug-likeness (QED) is 0.775. The third-order valence-electron chi connectivity index (χ3n) is 3.68. The second-order valence-corrected chi connectivity index (χ2v) is 6.42. The van der Waals surface area contributed by atoms with Crippen LogP contribution in [-0.2, 0) is 20.2 Å².